The first-order valence-corrected chi connectivity index (χ1v) is 7.80. The van der Waals surface area contributed by atoms with Crippen LogP contribution in [0.5, 0.6) is 0 Å². The molecule has 2 aliphatic heterocycles. The monoisotopic (exact) mass is 283 g/mol. The lowest BCUT2D eigenvalue weighted by Gasteiger charge is -2.30. The Kier molecular flexibility index (Phi) is 3.00. The number of hydrogen-bond acceptors (Lipinski definition) is 2. The number of pyridine rings is 1. The number of piperidine rings is 1. The zero-order chi connectivity index (χ0) is 14.4. The van der Waals surface area contributed by atoms with Crippen LogP contribution >= 0.6 is 0 Å². The molecule has 110 valence electrons. The minimum Gasteiger partial charge on any atom is -0.348 e. The molecule has 2 fully saturated rings. The molecule has 0 spiro atoms. The Balaban J connectivity index is 1.50. The molecule has 2 aromatic rings. The van der Waals surface area contributed by atoms with Gasteiger partial charge in [0, 0.05) is 42.1 Å². The van der Waals surface area contributed by atoms with Crippen molar-refractivity contribution in [2.45, 2.75) is 25.8 Å². The Bertz CT molecular complexity index is 678. The van der Waals surface area contributed by atoms with Gasteiger partial charge < -0.3 is 14.6 Å². The van der Waals surface area contributed by atoms with Crippen LogP contribution < -0.4 is 5.32 Å². The summed E-state index contributed by atoms with van der Waals surface area (Å²) in [5.74, 6) is 0.837. The van der Waals surface area contributed by atoms with Gasteiger partial charge in [0.05, 0.1) is 0 Å². The summed E-state index contributed by atoms with van der Waals surface area (Å²) in [4.78, 5) is 14.9. The van der Waals surface area contributed by atoms with E-state index >= 15 is 0 Å². The summed E-state index contributed by atoms with van der Waals surface area (Å²) in [6, 6.07) is 8.32. The third-order valence-electron chi connectivity index (χ3n) is 4.92. The maximum absolute atomic E-state index is 12.5. The number of carbonyl (C=O) groups is 1. The topological polar surface area (TPSA) is 36.8 Å². The smallest absolute Gasteiger partial charge is 0.251 e. The van der Waals surface area contributed by atoms with Crippen LogP contribution in [0.4, 0.5) is 0 Å². The van der Waals surface area contributed by atoms with Crippen LogP contribution in [-0.2, 0) is 0 Å². The van der Waals surface area contributed by atoms with Crippen molar-refractivity contribution in [3.63, 3.8) is 0 Å². The highest BCUT2D eigenvalue weighted by molar-refractivity contribution is 5.95. The molecule has 2 saturated heterocycles. The van der Waals surface area contributed by atoms with E-state index in [1.54, 1.807) is 0 Å². The SMILES string of the molecule is Cc1ccc2cc(C(=O)N[C@@H]3C[C@@H]4CCN(C4)C3)ccn12. The third kappa shape index (κ3) is 2.33. The summed E-state index contributed by atoms with van der Waals surface area (Å²) in [5.41, 5.74) is 3.02. The number of hydrogen-bond donors (Lipinski definition) is 1. The fourth-order valence-corrected chi connectivity index (χ4v) is 3.83. The Hall–Kier alpha value is -1.81. The normalized spacial score (nSPS) is 28.0. The van der Waals surface area contributed by atoms with Gasteiger partial charge in [-0.25, -0.2) is 0 Å². The predicted octanol–water partition coefficient (Wildman–Crippen LogP) is 2.07. The quantitative estimate of drug-likeness (QED) is 0.916. The van der Waals surface area contributed by atoms with Gasteiger partial charge in [-0.05, 0) is 56.5 Å². The molecule has 4 rings (SSSR count). The highest BCUT2D eigenvalue weighted by atomic mass is 16.1. The van der Waals surface area contributed by atoms with Crippen LogP contribution in [0.1, 0.15) is 28.9 Å². The summed E-state index contributed by atoms with van der Waals surface area (Å²) in [7, 11) is 0. The van der Waals surface area contributed by atoms with Crippen molar-refractivity contribution in [1.82, 2.24) is 14.6 Å². The van der Waals surface area contributed by atoms with Crippen LogP contribution in [0.2, 0.25) is 0 Å². The number of carbonyl (C=O) groups excluding carboxylic acids is 1. The Labute approximate surface area is 124 Å². The largest absolute Gasteiger partial charge is 0.348 e. The van der Waals surface area contributed by atoms with Gasteiger partial charge in [0.1, 0.15) is 0 Å². The van der Waals surface area contributed by atoms with Gasteiger partial charge in [-0.3, -0.25) is 4.79 Å². The van der Waals surface area contributed by atoms with E-state index in [4.69, 9.17) is 0 Å². The van der Waals surface area contributed by atoms with Crippen LogP contribution in [0, 0.1) is 12.8 Å². The zero-order valence-electron chi connectivity index (χ0n) is 12.4. The van der Waals surface area contributed by atoms with E-state index in [1.807, 2.05) is 18.3 Å². The molecule has 21 heavy (non-hydrogen) atoms. The second-order valence-electron chi connectivity index (χ2n) is 6.51. The first-order valence-electron chi connectivity index (χ1n) is 7.80. The third-order valence-corrected chi connectivity index (χ3v) is 4.92. The number of aryl methyl sites for hydroxylation is 1. The highest BCUT2D eigenvalue weighted by Crippen LogP contribution is 2.26. The maximum atomic E-state index is 12.5. The summed E-state index contributed by atoms with van der Waals surface area (Å²) in [6.07, 6.45) is 4.41. The Morgan fingerprint density at radius 3 is 3.05 bits per heavy atom. The van der Waals surface area contributed by atoms with Gasteiger partial charge in [0.15, 0.2) is 0 Å². The Morgan fingerprint density at radius 2 is 2.19 bits per heavy atom. The first-order chi connectivity index (χ1) is 10.2. The standard InChI is InChI=1S/C17H21N3O/c1-12-2-3-16-9-14(5-7-20(12)16)17(21)18-15-8-13-4-6-19(10-13)11-15/h2-3,5,7,9,13,15H,4,6,8,10-11H2,1H3,(H,18,21)/t13-,15+/m0/s1. The first kappa shape index (κ1) is 12.9. The van der Waals surface area contributed by atoms with E-state index < -0.39 is 0 Å². The fourth-order valence-electron chi connectivity index (χ4n) is 3.83. The minimum absolute atomic E-state index is 0.0591. The van der Waals surface area contributed by atoms with Crippen molar-refractivity contribution < 1.29 is 4.79 Å². The molecule has 4 heteroatoms. The molecule has 2 aliphatic rings. The average molecular weight is 283 g/mol. The summed E-state index contributed by atoms with van der Waals surface area (Å²) >= 11 is 0. The predicted molar refractivity (Wildman–Crippen MR) is 82.6 cm³/mol. The maximum Gasteiger partial charge on any atom is 0.251 e. The fraction of sp³-hybridized carbons (Fsp3) is 0.471. The molecule has 0 radical (unpaired) electrons. The van der Waals surface area contributed by atoms with E-state index in [1.165, 1.54) is 25.2 Å². The number of nitrogens with zero attached hydrogens (tertiary/aromatic N) is 2. The summed E-state index contributed by atoms with van der Waals surface area (Å²) < 4.78 is 2.10. The van der Waals surface area contributed by atoms with E-state index in [9.17, 15) is 4.79 Å². The molecule has 2 bridgehead atoms. The molecule has 3 atom stereocenters. The lowest BCUT2D eigenvalue weighted by molar-refractivity contribution is 0.0909. The molecule has 4 nitrogen and oxygen atoms in total. The lowest BCUT2D eigenvalue weighted by atomic mass is 9.96. The second kappa shape index (κ2) is 4.88. The van der Waals surface area contributed by atoms with Gasteiger partial charge in [0.2, 0.25) is 0 Å². The van der Waals surface area contributed by atoms with Crippen molar-refractivity contribution >= 4 is 11.4 Å². The molecule has 2 aromatic heterocycles. The molecule has 4 heterocycles. The summed E-state index contributed by atoms with van der Waals surface area (Å²) in [5, 5.41) is 3.22. The number of aromatic nitrogens is 1. The molecular formula is C17H21N3O. The average Bonchev–Trinajstić information content (AvgIpc) is 3.02. The molecule has 1 unspecified atom stereocenters. The molecule has 0 aromatic carbocycles. The summed E-state index contributed by atoms with van der Waals surface area (Å²) in [6.45, 7) is 5.50. The molecule has 0 aliphatic carbocycles. The van der Waals surface area contributed by atoms with Gasteiger partial charge in [-0.15, -0.1) is 0 Å². The van der Waals surface area contributed by atoms with Crippen molar-refractivity contribution in [3.8, 4) is 0 Å². The van der Waals surface area contributed by atoms with Crippen LogP contribution in [0.25, 0.3) is 5.52 Å². The number of nitrogens with one attached hydrogen (secondary N) is 1. The molecule has 0 saturated carbocycles. The molecular weight excluding hydrogens is 262 g/mol. The van der Waals surface area contributed by atoms with E-state index in [0.717, 1.165) is 30.0 Å². The van der Waals surface area contributed by atoms with Crippen LogP contribution in [0.3, 0.4) is 0 Å². The van der Waals surface area contributed by atoms with Crippen molar-refractivity contribution in [1.29, 1.82) is 0 Å². The molecule has 1 N–H and O–H groups in total. The highest BCUT2D eigenvalue weighted by Gasteiger charge is 2.32. The second-order valence-corrected chi connectivity index (χ2v) is 6.51. The van der Waals surface area contributed by atoms with E-state index in [2.05, 4.69) is 33.7 Å². The van der Waals surface area contributed by atoms with E-state index in [-0.39, 0.29) is 5.91 Å². The van der Waals surface area contributed by atoms with Crippen molar-refractivity contribution in [2.75, 3.05) is 19.6 Å². The zero-order valence-corrected chi connectivity index (χ0v) is 12.4. The van der Waals surface area contributed by atoms with Gasteiger partial charge >= 0.3 is 0 Å². The lowest BCUT2D eigenvalue weighted by Crippen LogP contribution is -2.47. The van der Waals surface area contributed by atoms with Crippen LogP contribution in [0.15, 0.2) is 30.5 Å². The molecule has 1 amide bonds. The van der Waals surface area contributed by atoms with Gasteiger partial charge in [0.25, 0.3) is 5.91 Å². The van der Waals surface area contributed by atoms with Gasteiger partial charge in [-0.1, -0.05) is 0 Å². The van der Waals surface area contributed by atoms with Crippen molar-refractivity contribution in [2.24, 2.45) is 5.92 Å². The number of amides is 1. The van der Waals surface area contributed by atoms with Crippen molar-refractivity contribution in [3.05, 3.63) is 41.7 Å². The Morgan fingerprint density at radius 1 is 1.29 bits per heavy atom. The number of fused-ring (bicyclic) bond motifs is 3. The van der Waals surface area contributed by atoms with E-state index in [0.29, 0.717) is 6.04 Å². The van der Waals surface area contributed by atoms with Gasteiger partial charge in [-0.2, -0.15) is 0 Å². The number of rotatable bonds is 2. The van der Waals surface area contributed by atoms with Crippen LogP contribution in [-0.4, -0.2) is 40.9 Å². The minimum atomic E-state index is 0.0591.